The quantitative estimate of drug-likeness (QED) is 0.667. The summed E-state index contributed by atoms with van der Waals surface area (Å²) in [4.78, 5) is 10.8. The summed E-state index contributed by atoms with van der Waals surface area (Å²) in [6.07, 6.45) is -4.46. The van der Waals surface area contributed by atoms with Crippen molar-refractivity contribution in [3.8, 4) is 5.75 Å². The van der Waals surface area contributed by atoms with Gasteiger partial charge in [0.25, 0.3) is 0 Å². The van der Waals surface area contributed by atoms with Gasteiger partial charge in [-0.2, -0.15) is 13.2 Å². The normalized spacial score (nSPS) is 11.3. The summed E-state index contributed by atoms with van der Waals surface area (Å²) in [6.45, 7) is -2.20. The SMILES string of the molecule is O=C(O)c1ccc(Cl)cc1OCOCC(F)(F)F. The lowest BCUT2D eigenvalue weighted by atomic mass is 10.2. The second-order valence-corrected chi connectivity index (χ2v) is 3.61. The average Bonchev–Trinajstić information content (AvgIpc) is 2.22. The average molecular weight is 285 g/mol. The van der Waals surface area contributed by atoms with Crippen LogP contribution in [-0.4, -0.2) is 30.7 Å². The molecule has 4 nitrogen and oxygen atoms in total. The van der Waals surface area contributed by atoms with E-state index in [-0.39, 0.29) is 16.3 Å². The van der Waals surface area contributed by atoms with E-state index in [2.05, 4.69) is 4.74 Å². The number of carboxylic acid groups (broad SMARTS) is 1. The van der Waals surface area contributed by atoms with Crippen molar-refractivity contribution < 1.29 is 32.5 Å². The third kappa shape index (κ3) is 4.80. The van der Waals surface area contributed by atoms with E-state index >= 15 is 0 Å². The summed E-state index contributed by atoms with van der Waals surface area (Å²) < 4.78 is 44.3. The minimum absolute atomic E-state index is 0.155. The molecule has 1 rings (SSSR count). The molecule has 1 N–H and O–H groups in total. The highest BCUT2D eigenvalue weighted by Gasteiger charge is 2.27. The lowest BCUT2D eigenvalue weighted by molar-refractivity contribution is -0.186. The Balaban J connectivity index is 2.61. The van der Waals surface area contributed by atoms with Crippen LogP contribution in [0.25, 0.3) is 0 Å². The van der Waals surface area contributed by atoms with E-state index in [1.165, 1.54) is 18.2 Å². The van der Waals surface area contributed by atoms with E-state index in [0.717, 1.165) is 0 Å². The second-order valence-electron chi connectivity index (χ2n) is 3.17. The number of aromatic carboxylic acids is 1. The van der Waals surface area contributed by atoms with Crippen LogP contribution in [0.5, 0.6) is 5.75 Å². The van der Waals surface area contributed by atoms with Gasteiger partial charge in [-0.05, 0) is 18.2 Å². The first kappa shape index (κ1) is 14.6. The van der Waals surface area contributed by atoms with Gasteiger partial charge in [-0.1, -0.05) is 11.6 Å². The molecule has 1 aromatic carbocycles. The predicted octanol–water partition coefficient (Wildman–Crippen LogP) is 2.95. The van der Waals surface area contributed by atoms with E-state index in [1.54, 1.807) is 0 Å². The number of carbonyl (C=O) groups is 1. The molecule has 0 aromatic heterocycles. The molecule has 0 atom stereocenters. The van der Waals surface area contributed by atoms with Gasteiger partial charge < -0.3 is 14.6 Å². The van der Waals surface area contributed by atoms with Crippen molar-refractivity contribution in [3.05, 3.63) is 28.8 Å². The molecule has 0 heterocycles. The molecule has 18 heavy (non-hydrogen) atoms. The van der Waals surface area contributed by atoms with Crippen molar-refractivity contribution in [2.24, 2.45) is 0 Å². The van der Waals surface area contributed by atoms with Gasteiger partial charge in [0.15, 0.2) is 6.79 Å². The Labute approximate surface area is 105 Å². The van der Waals surface area contributed by atoms with E-state index in [4.69, 9.17) is 21.4 Å². The Kier molecular flexibility index (Phi) is 4.80. The summed E-state index contributed by atoms with van der Waals surface area (Å²) in [5, 5.41) is 9.00. The molecule has 0 bridgehead atoms. The third-order valence-corrected chi connectivity index (χ3v) is 1.97. The smallest absolute Gasteiger partial charge is 0.411 e. The summed E-state index contributed by atoms with van der Waals surface area (Å²) in [7, 11) is 0. The summed E-state index contributed by atoms with van der Waals surface area (Å²) in [5.74, 6) is -1.44. The van der Waals surface area contributed by atoms with Crippen LogP contribution in [0.4, 0.5) is 13.2 Å². The number of halogens is 4. The van der Waals surface area contributed by atoms with Gasteiger partial charge in [0.1, 0.15) is 17.9 Å². The fourth-order valence-corrected chi connectivity index (χ4v) is 1.22. The maximum absolute atomic E-state index is 11.8. The molecule has 0 aliphatic carbocycles. The third-order valence-electron chi connectivity index (χ3n) is 1.74. The van der Waals surface area contributed by atoms with E-state index in [9.17, 15) is 18.0 Å². The molecular weight excluding hydrogens is 277 g/mol. The minimum Gasteiger partial charge on any atom is -0.478 e. The van der Waals surface area contributed by atoms with Crippen LogP contribution >= 0.6 is 11.6 Å². The zero-order valence-electron chi connectivity index (χ0n) is 8.83. The standard InChI is InChI=1S/C10H8ClF3O4/c11-6-1-2-7(9(15)16)8(3-6)18-5-17-4-10(12,13)14/h1-3H,4-5H2,(H,15,16). The Hall–Kier alpha value is -1.47. The van der Waals surface area contributed by atoms with Crippen molar-refractivity contribution in [3.63, 3.8) is 0 Å². The molecule has 1 aromatic rings. The number of ether oxygens (including phenoxy) is 2. The lowest BCUT2D eigenvalue weighted by Crippen LogP contribution is -2.19. The molecule has 0 saturated heterocycles. The van der Waals surface area contributed by atoms with Gasteiger partial charge >= 0.3 is 12.1 Å². The fourth-order valence-electron chi connectivity index (χ4n) is 1.05. The highest BCUT2D eigenvalue weighted by Crippen LogP contribution is 2.23. The molecule has 0 aliphatic rings. The number of alkyl halides is 3. The Bertz CT molecular complexity index is 434. The molecule has 100 valence electrons. The van der Waals surface area contributed by atoms with Gasteiger partial charge in [0.2, 0.25) is 0 Å². The number of hydrogen-bond acceptors (Lipinski definition) is 3. The molecule has 8 heteroatoms. The Morgan fingerprint density at radius 1 is 1.39 bits per heavy atom. The van der Waals surface area contributed by atoms with Crippen LogP contribution in [0.3, 0.4) is 0 Å². The number of benzene rings is 1. The van der Waals surface area contributed by atoms with Crippen molar-refractivity contribution in [1.82, 2.24) is 0 Å². The van der Waals surface area contributed by atoms with Gasteiger partial charge in [-0.25, -0.2) is 4.79 Å². The van der Waals surface area contributed by atoms with Crippen molar-refractivity contribution >= 4 is 17.6 Å². The van der Waals surface area contributed by atoms with Gasteiger partial charge in [-0.3, -0.25) is 0 Å². The highest BCUT2D eigenvalue weighted by atomic mass is 35.5. The first-order chi connectivity index (χ1) is 8.29. The zero-order valence-corrected chi connectivity index (χ0v) is 9.59. The topological polar surface area (TPSA) is 55.8 Å². The van der Waals surface area contributed by atoms with Gasteiger partial charge in [-0.15, -0.1) is 0 Å². The lowest BCUT2D eigenvalue weighted by Gasteiger charge is -2.11. The van der Waals surface area contributed by atoms with Crippen LogP contribution in [0.15, 0.2) is 18.2 Å². The number of hydrogen-bond donors (Lipinski definition) is 1. The van der Waals surface area contributed by atoms with Crippen LogP contribution in [0, 0.1) is 0 Å². The Morgan fingerprint density at radius 3 is 2.61 bits per heavy atom. The first-order valence-electron chi connectivity index (χ1n) is 4.60. The fraction of sp³-hybridized carbons (Fsp3) is 0.300. The Morgan fingerprint density at radius 2 is 2.06 bits per heavy atom. The molecule has 0 aliphatic heterocycles. The largest absolute Gasteiger partial charge is 0.478 e. The van der Waals surface area contributed by atoms with Crippen molar-refractivity contribution in [2.75, 3.05) is 13.4 Å². The van der Waals surface area contributed by atoms with E-state index < -0.39 is 25.5 Å². The van der Waals surface area contributed by atoms with Crippen LogP contribution < -0.4 is 4.74 Å². The number of rotatable bonds is 5. The van der Waals surface area contributed by atoms with Gasteiger partial charge in [0.05, 0.1) is 0 Å². The van der Waals surface area contributed by atoms with Crippen LogP contribution in [0.1, 0.15) is 10.4 Å². The molecular formula is C10H8ClF3O4. The van der Waals surface area contributed by atoms with E-state index in [0.29, 0.717) is 0 Å². The van der Waals surface area contributed by atoms with E-state index in [1.807, 2.05) is 0 Å². The van der Waals surface area contributed by atoms with Crippen LogP contribution in [-0.2, 0) is 4.74 Å². The zero-order chi connectivity index (χ0) is 13.8. The summed E-state index contributed by atoms with van der Waals surface area (Å²) in [6, 6.07) is 3.69. The molecule has 0 radical (unpaired) electrons. The van der Waals surface area contributed by atoms with Crippen LogP contribution in [0.2, 0.25) is 5.02 Å². The molecule has 0 fully saturated rings. The molecule has 0 amide bonds. The summed E-state index contributed by atoms with van der Waals surface area (Å²) >= 11 is 5.61. The maximum atomic E-state index is 11.8. The predicted molar refractivity (Wildman–Crippen MR) is 55.9 cm³/mol. The summed E-state index contributed by atoms with van der Waals surface area (Å²) in [5.41, 5.74) is -0.213. The monoisotopic (exact) mass is 284 g/mol. The molecule has 0 unspecified atom stereocenters. The van der Waals surface area contributed by atoms with Gasteiger partial charge in [0, 0.05) is 5.02 Å². The molecule has 0 saturated carbocycles. The van der Waals surface area contributed by atoms with Crippen molar-refractivity contribution in [2.45, 2.75) is 6.18 Å². The maximum Gasteiger partial charge on any atom is 0.411 e. The first-order valence-corrected chi connectivity index (χ1v) is 4.97. The minimum atomic E-state index is -4.46. The number of carboxylic acids is 1. The molecule has 0 spiro atoms. The van der Waals surface area contributed by atoms with Crippen molar-refractivity contribution in [1.29, 1.82) is 0 Å². The second kappa shape index (κ2) is 5.92. The highest BCUT2D eigenvalue weighted by molar-refractivity contribution is 6.30.